The molecule has 0 saturated carbocycles. The lowest BCUT2D eigenvalue weighted by molar-refractivity contribution is -0.127. The fourth-order valence-electron chi connectivity index (χ4n) is 3.48. The first-order valence-corrected chi connectivity index (χ1v) is 10.4. The number of carbonyl (C=O) groups excluding carboxylic acids is 2. The van der Waals surface area contributed by atoms with Crippen molar-refractivity contribution in [3.05, 3.63) is 34.9 Å². The third kappa shape index (κ3) is 7.15. The van der Waals surface area contributed by atoms with Gasteiger partial charge in [0, 0.05) is 17.5 Å². The van der Waals surface area contributed by atoms with Crippen molar-refractivity contribution in [2.75, 3.05) is 26.2 Å². The monoisotopic (exact) mass is 393 g/mol. The molecular formula is C21H32ClN3O2. The average molecular weight is 394 g/mol. The Hall–Kier alpha value is -1.59. The van der Waals surface area contributed by atoms with Crippen molar-refractivity contribution in [2.24, 2.45) is 5.92 Å². The van der Waals surface area contributed by atoms with Crippen LogP contribution in [0, 0.1) is 5.92 Å². The van der Waals surface area contributed by atoms with Gasteiger partial charge >= 0.3 is 0 Å². The summed E-state index contributed by atoms with van der Waals surface area (Å²) in [5.74, 6) is 0.236. The van der Waals surface area contributed by atoms with Crippen LogP contribution in [0.15, 0.2) is 24.3 Å². The largest absolute Gasteiger partial charge is 0.356 e. The van der Waals surface area contributed by atoms with Crippen LogP contribution in [0.2, 0.25) is 5.02 Å². The van der Waals surface area contributed by atoms with Crippen LogP contribution in [-0.2, 0) is 9.59 Å². The van der Waals surface area contributed by atoms with E-state index in [0.717, 1.165) is 57.3 Å². The minimum atomic E-state index is -0.127. The Labute approximate surface area is 167 Å². The Morgan fingerprint density at radius 2 is 1.93 bits per heavy atom. The number of hydrogen-bond donors (Lipinski definition) is 2. The maximum Gasteiger partial charge on any atom is 0.234 e. The van der Waals surface area contributed by atoms with Gasteiger partial charge in [0.15, 0.2) is 0 Å². The van der Waals surface area contributed by atoms with Crippen LogP contribution in [0.5, 0.6) is 0 Å². The van der Waals surface area contributed by atoms with E-state index in [2.05, 4.69) is 22.5 Å². The zero-order valence-electron chi connectivity index (χ0n) is 16.5. The van der Waals surface area contributed by atoms with E-state index >= 15 is 0 Å². The minimum Gasteiger partial charge on any atom is -0.356 e. The van der Waals surface area contributed by atoms with Gasteiger partial charge in [-0.2, -0.15) is 0 Å². The fraction of sp³-hybridized carbons (Fsp3) is 0.619. The summed E-state index contributed by atoms with van der Waals surface area (Å²) in [5, 5.41) is 6.72. The minimum absolute atomic E-state index is 0.00936. The maximum absolute atomic E-state index is 12.3. The number of rotatable bonds is 9. The van der Waals surface area contributed by atoms with Gasteiger partial charge in [-0.25, -0.2) is 0 Å². The van der Waals surface area contributed by atoms with Gasteiger partial charge in [0.25, 0.3) is 0 Å². The van der Waals surface area contributed by atoms with Crippen LogP contribution in [0.1, 0.15) is 57.6 Å². The van der Waals surface area contributed by atoms with Crippen molar-refractivity contribution in [3.8, 4) is 0 Å². The first kappa shape index (κ1) is 21.7. The van der Waals surface area contributed by atoms with Gasteiger partial charge in [0.2, 0.25) is 11.8 Å². The number of nitrogens with zero attached hydrogens (tertiary/aromatic N) is 1. The molecular weight excluding hydrogens is 362 g/mol. The van der Waals surface area contributed by atoms with Gasteiger partial charge in [-0.15, -0.1) is 0 Å². The lowest BCUT2D eigenvalue weighted by Crippen LogP contribution is -2.45. The Morgan fingerprint density at radius 1 is 1.22 bits per heavy atom. The molecule has 0 bridgehead atoms. The normalized spacial score (nSPS) is 16.7. The molecule has 0 aliphatic carbocycles. The van der Waals surface area contributed by atoms with Crippen LogP contribution in [0.4, 0.5) is 0 Å². The summed E-state index contributed by atoms with van der Waals surface area (Å²) in [7, 11) is 0. The van der Waals surface area contributed by atoms with Gasteiger partial charge < -0.3 is 10.6 Å². The molecule has 1 aliphatic heterocycles. The summed E-state index contributed by atoms with van der Waals surface area (Å²) in [4.78, 5) is 26.7. The Bertz CT molecular complexity index is 615. The molecule has 2 amide bonds. The molecule has 1 heterocycles. The number of piperidine rings is 1. The van der Waals surface area contributed by atoms with Gasteiger partial charge in [0.05, 0.1) is 12.6 Å². The molecule has 2 rings (SSSR count). The highest BCUT2D eigenvalue weighted by Gasteiger charge is 2.26. The highest BCUT2D eigenvalue weighted by Crippen LogP contribution is 2.22. The molecule has 150 valence electrons. The van der Waals surface area contributed by atoms with Crippen molar-refractivity contribution >= 4 is 23.4 Å². The molecule has 1 aliphatic rings. The smallest absolute Gasteiger partial charge is 0.234 e. The maximum atomic E-state index is 12.3. The average Bonchev–Trinajstić information content (AvgIpc) is 2.66. The predicted molar refractivity (Wildman–Crippen MR) is 110 cm³/mol. The van der Waals surface area contributed by atoms with Crippen LogP contribution >= 0.6 is 11.6 Å². The number of hydrogen-bond acceptors (Lipinski definition) is 3. The van der Waals surface area contributed by atoms with Crippen LogP contribution in [0.25, 0.3) is 0 Å². The summed E-state index contributed by atoms with van der Waals surface area (Å²) in [5.41, 5.74) is 0.922. The van der Waals surface area contributed by atoms with Crippen molar-refractivity contribution < 1.29 is 9.59 Å². The third-order valence-electron chi connectivity index (χ3n) is 5.15. The molecule has 5 nitrogen and oxygen atoms in total. The number of likely N-dealkylation sites (tertiary alicyclic amines) is 1. The second-order valence-corrected chi connectivity index (χ2v) is 7.77. The molecule has 1 aromatic carbocycles. The van der Waals surface area contributed by atoms with Crippen molar-refractivity contribution in [1.82, 2.24) is 15.5 Å². The zero-order chi connectivity index (χ0) is 19.6. The molecule has 1 saturated heterocycles. The third-order valence-corrected chi connectivity index (χ3v) is 5.50. The molecule has 6 heteroatoms. The topological polar surface area (TPSA) is 61.4 Å². The van der Waals surface area contributed by atoms with E-state index in [1.807, 2.05) is 31.2 Å². The van der Waals surface area contributed by atoms with Crippen LogP contribution < -0.4 is 10.6 Å². The molecule has 0 radical (unpaired) electrons. The number of carbonyl (C=O) groups is 2. The van der Waals surface area contributed by atoms with E-state index in [1.165, 1.54) is 0 Å². The van der Waals surface area contributed by atoms with E-state index < -0.39 is 0 Å². The van der Waals surface area contributed by atoms with E-state index in [4.69, 9.17) is 11.6 Å². The molecule has 0 aromatic heterocycles. The quantitative estimate of drug-likeness (QED) is 0.631. The first-order chi connectivity index (χ1) is 13.0. The van der Waals surface area contributed by atoms with Crippen molar-refractivity contribution in [1.29, 1.82) is 0 Å². The van der Waals surface area contributed by atoms with Gasteiger partial charge in [-0.05, 0) is 50.9 Å². The first-order valence-electron chi connectivity index (χ1n) is 10.0. The molecule has 1 aromatic rings. The summed E-state index contributed by atoms with van der Waals surface area (Å²) < 4.78 is 0. The Balaban J connectivity index is 1.70. The van der Waals surface area contributed by atoms with Crippen LogP contribution in [-0.4, -0.2) is 42.9 Å². The number of benzene rings is 1. The van der Waals surface area contributed by atoms with E-state index in [0.29, 0.717) is 11.6 Å². The lowest BCUT2D eigenvalue weighted by Gasteiger charge is -2.31. The number of halogens is 1. The molecule has 1 fully saturated rings. The second kappa shape index (κ2) is 11.3. The standard InChI is InChI=1S/C21H32ClN3O2/c1-3-4-7-12-23-21(27)17-10-13-25(14-11-17)15-20(26)24-16(2)18-8-5-6-9-19(18)22/h5-6,8-9,16-17H,3-4,7,10-15H2,1-2H3,(H,23,27)(H,24,26). The van der Waals surface area contributed by atoms with Crippen LogP contribution in [0.3, 0.4) is 0 Å². The highest BCUT2D eigenvalue weighted by atomic mass is 35.5. The summed E-state index contributed by atoms with van der Waals surface area (Å²) in [6, 6.07) is 7.43. The van der Waals surface area contributed by atoms with Crippen molar-refractivity contribution in [2.45, 2.75) is 52.0 Å². The lowest BCUT2D eigenvalue weighted by atomic mass is 9.96. The highest BCUT2D eigenvalue weighted by molar-refractivity contribution is 6.31. The second-order valence-electron chi connectivity index (χ2n) is 7.36. The summed E-state index contributed by atoms with van der Waals surface area (Å²) in [6.07, 6.45) is 4.98. The molecule has 2 N–H and O–H groups in total. The predicted octanol–water partition coefficient (Wildman–Crippen LogP) is 3.54. The molecule has 1 atom stereocenters. The van der Waals surface area contributed by atoms with E-state index in [1.54, 1.807) is 0 Å². The SMILES string of the molecule is CCCCCNC(=O)C1CCN(CC(=O)NC(C)c2ccccc2Cl)CC1. The molecule has 0 spiro atoms. The molecule has 27 heavy (non-hydrogen) atoms. The van der Waals surface area contributed by atoms with Gasteiger partial charge in [-0.1, -0.05) is 49.6 Å². The number of nitrogens with one attached hydrogen (secondary N) is 2. The van der Waals surface area contributed by atoms with Gasteiger partial charge in [-0.3, -0.25) is 14.5 Å². The van der Waals surface area contributed by atoms with Gasteiger partial charge in [0.1, 0.15) is 0 Å². The Morgan fingerprint density at radius 3 is 2.59 bits per heavy atom. The molecule has 1 unspecified atom stereocenters. The number of unbranched alkanes of at least 4 members (excludes halogenated alkanes) is 2. The van der Waals surface area contributed by atoms with E-state index in [-0.39, 0.29) is 23.8 Å². The fourth-order valence-corrected chi connectivity index (χ4v) is 3.78. The van der Waals surface area contributed by atoms with E-state index in [9.17, 15) is 9.59 Å². The Kier molecular flexibility index (Phi) is 9.08. The summed E-state index contributed by atoms with van der Waals surface area (Å²) in [6.45, 7) is 6.79. The zero-order valence-corrected chi connectivity index (χ0v) is 17.2. The summed E-state index contributed by atoms with van der Waals surface area (Å²) >= 11 is 6.19. The van der Waals surface area contributed by atoms with Crippen molar-refractivity contribution in [3.63, 3.8) is 0 Å². The number of amides is 2.